The van der Waals surface area contributed by atoms with Crippen molar-refractivity contribution < 1.29 is 18.3 Å². The fraction of sp³-hybridized carbons (Fsp3) is 0.250. The van der Waals surface area contributed by atoms with Gasteiger partial charge in [-0.05, 0) is 41.8 Å². The molecule has 1 N–H and O–H groups in total. The Morgan fingerprint density at radius 1 is 1.00 bits per heavy atom. The van der Waals surface area contributed by atoms with E-state index in [0.29, 0.717) is 18.7 Å². The van der Waals surface area contributed by atoms with Crippen LogP contribution in [0.4, 0.5) is 13.2 Å². The highest BCUT2D eigenvalue weighted by molar-refractivity contribution is 5.74. The molecule has 5 heteroatoms. The van der Waals surface area contributed by atoms with Crippen LogP contribution >= 0.6 is 0 Å². The number of aliphatic hydroxyl groups is 1. The number of alkyl halides is 3. The van der Waals surface area contributed by atoms with Crippen LogP contribution in [-0.2, 0) is 6.54 Å². The average molecular weight is 399 g/mol. The Bertz CT molecular complexity index is 896. The lowest BCUT2D eigenvalue weighted by Gasteiger charge is -2.21. The number of nitrogens with zero attached hydrogens (tertiary/aromatic N) is 1. The molecule has 2 aromatic rings. The van der Waals surface area contributed by atoms with Crippen molar-refractivity contribution in [3.63, 3.8) is 0 Å². The van der Waals surface area contributed by atoms with Crippen LogP contribution in [0, 0.1) is 0 Å². The van der Waals surface area contributed by atoms with Crippen LogP contribution in [0.15, 0.2) is 84.5 Å². The molecule has 2 aromatic carbocycles. The predicted octanol–water partition coefficient (Wildman–Crippen LogP) is 5.68. The van der Waals surface area contributed by atoms with Gasteiger partial charge in [0.1, 0.15) is 0 Å². The van der Waals surface area contributed by atoms with E-state index in [0.717, 1.165) is 17.2 Å². The molecule has 0 heterocycles. The zero-order chi connectivity index (χ0) is 20.9. The topological polar surface area (TPSA) is 23.5 Å². The maximum atomic E-state index is 13.4. The zero-order valence-corrected chi connectivity index (χ0v) is 16.2. The number of allylic oxidation sites excluding steroid dienone is 6. The first-order valence-electron chi connectivity index (χ1n) is 9.49. The van der Waals surface area contributed by atoms with Crippen molar-refractivity contribution in [2.24, 2.45) is 0 Å². The molecule has 0 radical (unpaired) electrons. The Morgan fingerprint density at radius 3 is 2.34 bits per heavy atom. The fourth-order valence-electron chi connectivity index (χ4n) is 3.43. The molecular formula is C24H24F3NO. The molecular weight excluding hydrogens is 375 g/mol. The van der Waals surface area contributed by atoms with Gasteiger partial charge in [-0.1, -0.05) is 72.8 Å². The second kappa shape index (κ2) is 9.25. The van der Waals surface area contributed by atoms with Gasteiger partial charge in [-0.15, -0.1) is 0 Å². The molecule has 152 valence electrons. The zero-order valence-electron chi connectivity index (χ0n) is 16.2. The van der Waals surface area contributed by atoms with E-state index < -0.39 is 17.9 Å². The van der Waals surface area contributed by atoms with Gasteiger partial charge in [0.25, 0.3) is 0 Å². The van der Waals surface area contributed by atoms with Crippen LogP contribution in [0.25, 0.3) is 5.57 Å². The van der Waals surface area contributed by atoms with E-state index in [1.807, 2.05) is 54.4 Å². The third-order valence-electron chi connectivity index (χ3n) is 4.89. The summed E-state index contributed by atoms with van der Waals surface area (Å²) in [5.74, 6) is 0. The van der Waals surface area contributed by atoms with Crippen molar-refractivity contribution in [1.82, 2.24) is 4.90 Å². The summed E-state index contributed by atoms with van der Waals surface area (Å²) < 4.78 is 40.2. The van der Waals surface area contributed by atoms with Crippen molar-refractivity contribution in [3.05, 3.63) is 101 Å². The number of rotatable bonds is 6. The van der Waals surface area contributed by atoms with Crippen molar-refractivity contribution in [2.75, 3.05) is 13.6 Å². The van der Waals surface area contributed by atoms with E-state index in [-0.39, 0.29) is 12.0 Å². The molecule has 2 nitrogen and oxygen atoms in total. The van der Waals surface area contributed by atoms with Gasteiger partial charge in [-0.3, -0.25) is 4.90 Å². The number of aliphatic hydroxyl groups excluding tert-OH is 1. The molecule has 1 aliphatic rings. The first kappa shape index (κ1) is 21.1. The van der Waals surface area contributed by atoms with Crippen LogP contribution < -0.4 is 0 Å². The van der Waals surface area contributed by atoms with Crippen LogP contribution in [0.5, 0.6) is 0 Å². The number of likely N-dealkylation sites (N-methyl/N-ethyl adjacent to an activating group) is 1. The monoisotopic (exact) mass is 399 g/mol. The Labute approximate surface area is 169 Å². The van der Waals surface area contributed by atoms with E-state index in [2.05, 4.69) is 0 Å². The summed E-state index contributed by atoms with van der Waals surface area (Å²) in [4.78, 5) is 1.99. The van der Waals surface area contributed by atoms with Gasteiger partial charge in [0.15, 0.2) is 0 Å². The summed E-state index contributed by atoms with van der Waals surface area (Å²) in [6, 6.07) is 16.6. The van der Waals surface area contributed by atoms with Crippen LogP contribution in [0.1, 0.15) is 29.2 Å². The smallest absolute Gasteiger partial charge is 0.387 e. The minimum atomic E-state index is -4.38. The fourth-order valence-corrected chi connectivity index (χ4v) is 3.43. The van der Waals surface area contributed by atoms with E-state index in [1.165, 1.54) is 6.08 Å². The first-order chi connectivity index (χ1) is 13.8. The molecule has 0 amide bonds. The van der Waals surface area contributed by atoms with Crippen molar-refractivity contribution in [3.8, 4) is 0 Å². The lowest BCUT2D eigenvalue weighted by Crippen LogP contribution is -2.24. The Hall–Kier alpha value is -2.63. The van der Waals surface area contributed by atoms with Crippen molar-refractivity contribution in [1.29, 1.82) is 0 Å². The van der Waals surface area contributed by atoms with E-state index in [1.54, 1.807) is 24.3 Å². The van der Waals surface area contributed by atoms with Crippen LogP contribution in [-0.4, -0.2) is 29.8 Å². The highest BCUT2D eigenvalue weighted by atomic mass is 19.4. The van der Waals surface area contributed by atoms with Crippen LogP contribution in [0.3, 0.4) is 0 Å². The highest BCUT2D eigenvalue weighted by Gasteiger charge is 2.34. The molecule has 1 atom stereocenters. The normalized spacial score (nSPS) is 15.7. The molecule has 0 saturated carbocycles. The van der Waals surface area contributed by atoms with Gasteiger partial charge in [0.05, 0.1) is 11.7 Å². The van der Waals surface area contributed by atoms with E-state index in [4.69, 9.17) is 0 Å². The largest absolute Gasteiger partial charge is 0.416 e. The summed E-state index contributed by atoms with van der Waals surface area (Å²) in [5, 5.41) is 10.3. The third kappa shape index (κ3) is 5.68. The Balaban J connectivity index is 1.70. The highest BCUT2D eigenvalue weighted by Crippen LogP contribution is 2.36. The standard InChI is InChI=1S/C24H24F3NO/c1-28(17-23(29)20-8-4-2-5-9-20)16-18-12-14-19(15-13-18)21-10-6-3-7-11-22(21)24(25,26)27/h2-9,11-15,23,29H,10,16-17H2,1H3. The average Bonchev–Trinajstić information content (AvgIpc) is 2.95. The number of halogens is 3. The molecule has 1 unspecified atom stereocenters. The SMILES string of the molecule is CN(Cc1ccc(C2=C(C(F)(F)F)C=CC=CC2)cc1)CC(O)c1ccccc1. The molecule has 0 fully saturated rings. The third-order valence-corrected chi connectivity index (χ3v) is 4.89. The molecule has 0 bridgehead atoms. The Kier molecular flexibility index (Phi) is 6.72. The molecule has 1 aliphatic carbocycles. The second-order valence-corrected chi connectivity index (χ2v) is 7.20. The number of hydrogen-bond acceptors (Lipinski definition) is 2. The lowest BCUT2D eigenvalue weighted by atomic mass is 9.96. The van der Waals surface area contributed by atoms with Gasteiger partial charge in [-0.2, -0.15) is 13.2 Å². The Morgan fingerprint density at radius 2 is 1.69 bits per heavy atom. The number of hydrogen-bond donors (Lipinski definition) is 1. The minimum Gasteiger partial charge on any atom is -0.387 e. The van der Waals surface area contributed by atoms with Gasteiger partial charge in [0.2, 0.25) is 0 Å². The summed E-state index contributed by atoms with van der Waals surface area (Å²) >= 11 is 0. The van der Waals surface area contributed by atoms with Gasteiger partial charge < -0.3 is 5.11 Å². The van der Waals surface area contributed by atoms with Gasteiger partial charge in [-0.25, -0.2) is 0 Å². The molecule has 0 aromatic heterocycles. The molecule has 29 heavy (non-hydrogen) atoms. The summed E-state index contributed by atoms with van der Waals surface area (Å²) in [5.41, 5.74) is 2.09. The number of benzene rings is 2. The quantitative estimate of drug-likeness (QED) is 0.675. The molecule has 3 rings (SSSR count). The van der Waals surface area contributed by atoms with E-state index >= 15 is 0 Å². The molecule has 0 spiro atoms. The summed E-state index contributed by atoms with van der Waals surface area (Å²) in [7, 11) is 1.91. The minimum absolute atomic E-state index is 0.240. The van der Waals surface area contributed by atoms with Crippen LogP contribution in [0.2, 0.25) is 0 Å². The molecule has 0 aliphatic heterocycles. The second-order valence-electron chi connectivity index (χ2n) is 7.20. The maximum absolute atomic E-state index is 13.4. The maximum Gasteiger partial charge on any atom is 0.416 e. The summed E-state index contributed by atoms with van der Waals surface area (Å²) in [6.07, 6.45) is 1.19. The predicted molar refractivity (Wildman–Crippen MR) is 110 cm³/mol. The van der Waals surface area contributed by atoms with E-state index in [9.17, 15) is 18.3 Å². The van der Waals surface area contributed by atoms with Crippen molar-refractivity contribution >= 4 is 5.57 Å². The molecule has 0 saturated heterocycles. The summed E-state index contributed by atoms with van der Waals surface area (Å²) in [6.45, 7) is 1.06. The van der Waals surface area contributed by atoms with Gasteiger partial charge in [0, 0.05) is 13.1 Å². The van der Waals surface area contributed by atoms with Gasteiger partial charge >= 0.3 is 6.18 Å². The lowest BCUT2D eigenvalue weighted by molar-refractivity contribution is -0.0877. The van der Waals surface area contributed by atoms with Crippen molar-refractivity contribution in [2.45, 2.75) is 25.2 Å². The first-order valence-corrected chi connectivity index (χ1v) is 9.49.